The highest BCUT2D eigenvalue weighted by atomic mass is 16.6. The monoisotopic (exact) mass is 498 g/mol. The van der Waals surface area contributed by atoms with Crippen molar-refractivity contribution in [2.45, 2.75) is 104 Å². The number of hydrogen-bond donors (Lipinski definition) is 2. The van der Waals surface area contributed by atoms with Gasteiger partial charge in [0.1, 0.15) is 24.2 Å². The van der Waals surface area contributed by atoms with Crippen molar-refractivity contribution in [3.63, 3.8) is 0 Å². The van der Waals surface area contributed by atoms with Gasteiger partial charge in [0.2, 0.25) is 11.8 Å². The lowest BCUT2D eigenvalue weighted by molar-refractivity contribution is -0.143. The number of aryl methyl sites for hydroxylation is 1. The first-order valence-corrected chi connectivity index (χ1v) is 12.9. The lowest BCUT2D eigenvalue weighted by Gasteiger charge is -2.36. The minimum absolute atomic E-state index is 0.0405. The SMILES string of the molecule is Cc1cccc(C(C(=O)NC2CCCCC2)N(CC#N)C(=O)C(NC(=O)OC(C)(C)C)C(C)C)c1C. The van der Waals surface area contributed by atoms with E-state index in [0.717, 1.165) is 43.2 Å². The van der Waals surface area contributed by atoms with Gasteiger partial charge in [-0.3, -0.25) is 9.59 Å². The third-order valence-electron chi connectivity index (χ3n) is 6.58. The minimum Gasteiger partial charge on any atom is -0.444 e. The van der Waals surface area contributed by atoms with Crippen LogP contribution in [0.5, 0.6) is 0 Å². The second-order valence-electron chi connectivity index (χ2n) is 11.0. The fourth-order valence-corrected chi connectivity index (χ4v) is 4.55. The molecule has 0 aromatic heterocycles. The molecular weight excluding hydrogens is 456 g/mol. The predicted molar refractivity (Wildman–Crippen MR) is 139 cm³/mol. The maximum absolute atomic E-state index is 13.9. The van der Waals surface area contributed by atoms with Crippen LogP contribution in [0.3, 0.4) is 0 Å². The van der Waals surface area contributed by atoms with Crippen molar-refractivity contribution in [2.75, 3.05) is 6.54 Å². The Morgan fingerprint density at radius 2 is 1.78 bits per heavy atom. The first-order valence-electron chi connectivity index (χ1n) is 12.9. The number of ether oxygens (including phenoxy) is 1. The van der Waals surface area contributed by atoms with Crippen LogP contribution < -0.4 is 10.6 Å². The van der Waals surface area contributed by atoms with Crippen LogP contribution in [0.15, 0.2) is 18.2 Å². The van der Waals surface area contributed by atoms with Gasteiger partial charge < -0.3 is 20.3 Å². The molecule has 1 aliphatic rings. The fourth-order valence-electron chi connectivity index (χ4n) is 4.55. The molecule has 0 aliphatic heterocycles. The van der Waals surface area contributed by atoms with Gasteiger partial charge >= 0.3 is 6.09 Å². The van der Waals surface area contributed by atoms with Gasteiger partial charge in [-0.25, -0.2) is 4.79 Å². The summed E-state index contributed by atoms with van der Waals surface area (Å²) in [6.07, 6.45) is 4.32. The summed E-state index contributed by atoms with van der Waals surface area (Å²) in [5.41, 5.74) is 1.81. The third kappa shape index (κ3) is 7.97. The van der Waals surface area contributed by atoms with Gasteiger partial charge in [-0.15, -0.1) is 0 Å². The summed E-state index contributed by atoms with van der Waals surface area (Å²) in [7, 11) is 0. The molecule has 36 heavy (non-hydrogen) atoms. The first-order chi connectivity index (χ1) is 16.9. The highest BCUT2D eigenvalue weighted by molar-refractivity contribution is 5.92. The summed E-state index contributed by atoms with van der Waals surface area (Å²) >= 11 is 0. The first kappa shape index (κ1) is 29.2. The van der Waals surface area contributed by atoms with Crippen LogP contribution in [-0.4, -0.2) is 47.0 Å². The Labute approximate surface area is 215 Å². The summed E-state index contributed by atoms with van der Waals surface area (Å²) in [6, 6.07) is 5.76. The Balaban J connectivity index is 2.47. The highest BCUT2D eigenvalue weighted by Gasteiger charge is 2.38. The Kier molecular flexibility index (Phi) is 10.3. The number of nitrogens with one attached hydrogen (secondary N) is 2. The molecule has 1 saturated carbocycles. The van der Waals surface area contributed by atoms with Crippen molar-refractivity contribution < 1.29 is 19.1 Å². The van der Waals surface area contributed by atoms with Crippen LogP contribution >= 0.6 is 0 Å². The van der Waals surface area contributed by atoms with E-state index < -0.39 is 29.7 Å². The fraction of sp³-hybridized carbons (Fsp3) is 0.643. The number of hydrogen-bond acceptors (Lipinski definition) is 5. The number of carbonyl (C=O) groups is 3. The van der Waals surface area contributed by atoms with Gasteiger partial charge in [-0.05, 0) is 70.1 Å². The minimum atomic E-state index is -0.999. The molecule has 0 bridgehead atoms. The molecule has 198 valence electrons. The number of benzene rings is 1. The second-order valence-corrected chi connectivity index (χ2v) is 11.0. The van der Waals surface area contributed by atoms with Gasteiger partial charge in [-0.2, -0.15) is 5.26 Å². The van der Waals surface area contributed by atoms with Crippen LogP contribution in [0.25, 0.3) is 0 Å². The van der Waals surface area contributed by atoms with E-state index in [2.05, 4.69) is 16.7 Å². The van der Waals surface area contributed by atoms with E-state index in [1.807, 2.05) is 32.0 Å². The Hall–Kier alpha value is -3.08. The maximum Gasteiger partial charge on any atom is 0.408 e. The van der Waals surface area contributed by atoms with Gasteiger partial charge in [-0.1, -0.05) is 51.3 Å². The summed E-state index contributed by atoms with van der Waals surface area (Å²) < 4.78 is 5.37. The smallest absolute Gasteiger partial charge is 0.408 e. The van der Waals surface area contributed by atoms with Crippen LogP contribution in [0.1, 0.15) is 89.5 Å². The second kappa shape index (κ2) is 12.8. The van der Waals surface area contributed by atoms with E-state index >= 15 is 0 Å². The summed E-state index contributed by atoms with van der Waals surface area (Å²) in [5, 5.41) is 15.5. The molecule has 0 radical (unpaired) electrons. The molecule has 1 aliphatic carbocycles. The van der Waals surface area contributed by atoms with Crippen molar-refractivity contribution in [3.05, 3.63) is 34.9 Å². The van der Waals surface area contributed by atoms with E-state index in [1.54, 1.807) is 34.6 Å². The standard InChI is InChI=1S/C28H42N4O4/c1-18(2)23(31-27(35)36-28(5,6)7)26(34)32(17-16-29)24(22-15-11-12-19(3)20(22)4)25(33)30-21-13-9-8-10-14-21/h11-12,15,18,21,23-24H,8-10,13-14,17H2,1-7H3,(H,30,33)(H,31,35). The zero-order chi connectivity index (χ0) is 27.0. The number of rotatable bonds is 8. The summed E-state index contributed by atoms with van der Waals surface area (Å²) in [4.78, 5) is 41.5. The highest BCUT2D eigenvalue weighted by Crippen LogP contribution is 2.29. The zero-order valence-electron chi connectivity index (χ0n) is 22.8. The molecule has 8 heteroatoms. The van der Waals surface area contributed by atoms with Gasteiger partial charge in [0.25, 0.3) is 0 Å². The summed E-state index contributed by atoms with van der Waals surface area (Å²) in [5.74, 6) is -1.10. The molecule has 0 spiro atoms. The normalized spacial score (nSPS) is 16.0. The van der Waals surface area contributed by atoms with Gasteiger partial charge in [0.05, 0.1) is 6.07 Å². The van der Waals surface area contributed by atoms with Crippen LogP contribution in [-0.2, 0) is 14.3 Å². The molecule has 0 heterocycles. The lowest BCUT2D eigenvalue weighted by Crippen LogP contribution is -2.55. The average Bonchev–Trinajstić information content (AvgIpc) is 2.78. The van der Waals surface area contributed by atoms with Crippen molar-refractivity contribution in [2.24, 2.45) is 5.92 Å². The molecule has 3 amide bonds. The molecule has 2 rings (SSSR count). The van der Waals surface area contributed by atoms with Crippen molar-refractivity contribution in [1.82, 2.24) is 15.5 Å². The van der Waals surface area contributed by atoms with Crippen LogP contribution in [0, 0.1) is 31.1 Å². The molecule has 2 unspecified atom stereocenters. The molecule has 2 atom stereocenters. The van der Waals surface area contributed by atoms with Crippen molar-refractivity contribution >= 4 is 17.9 Å². The number of amides is 3. The van der Waals surface area contributed by atoms with E-state index in [9.17, 15) is 19.6 Å². The Morgan fingerprint density at radius 1 is 1.14 bits per heavy atom. The van der Waals surface area contributed by atoms with E-state index in [4.69, 9.17) is 4.74 Å². The Morgan fingerprint density at radius 3 is 2.33 bits per heavy atom. The molecule has 1 aromatic carbocycles. The number of carbonyl (C=O) groups excluding carboxylic acids is 3. The number of nitrogens with zero attached hydrogens (tertiary/aromatic N) is 2. The molecule has 8 nitrogen and oxygen atoms in total. The number of alkyl carbamates (subject to hydrolysis) is 1. The van der Waals surface area contributed by atoms with Gasteiger partial charge in [0.15, 0.2) is 0 Å². The maximum atomic E-state index is 13.9. The zero-order valence-corrected chi connectivity index (χ0v) is 22.8. The topological polar surface area (TPSA) is 112 Å². The van der Waals surface area contributed by atoms with E-state index in [0.29, 0.717) is 5.56 Å². The molecule has 1 aromatic rings. The molecule has 0 saturated heterocycles. The summed E-state index contributed by atoms with van der Waals surface area (Å²) in [6.45, 7) is 12.4. The average molecular weight is 499 g/mol. The lowest BCUT2D eigenvalue weighted by atomic mass is 9.92. The van der Waals surface area contributed by atoms with Gasteiger partial charge in [0, 0.05) is 6.04 Å². The predicted octanol–water partition coefficient (Wildman–Crippen LogP) is 4.69. The molecule has 1 fully saturated rings. The molecular formula is C28H42N4O4. The third-order valence-corrected chi connectivity index (χ3v) is 6.58. The van der Waals surface area contributed by atoms with Crippen molar-refractivity contribution in [3.8, 4) is 6.07 Å². The van der Waals surface area contributed by atoms with Crippen LogP contribution in [0.2, 0.25) is 0 Å². The van der Waals surface area contributed by atoms with E-state index in [-0.39, 0.29) is 24.4 Å². The molecule has 2 N–H and O–H groups in total. The number of nitriles is 1. The van der Waals surface area contributed by atoms with Crippen molar-refractivity contribution in [1.29, 1.82) is 5.26 Å². The Bertz CT molecular complexity index is 971. The largest absolute Gasteiger partial charge is 0.444 e. The van der Waals surface area contributed by atoms with E-state index in [1.165, 1.54) is 4.90 Å². The quantitative estimate of drug-likeness (QED) is 0.505. The van der Waals surface area contributed by atoms with Crippen LogP contribution in [0.4, 0.5) is 4.79 Å².